The van der Waals surface area contributed by atoms with Gasteiger partial charge in [0.25, 0.3) is 0 Å². The van der Waals surface area contributed by atoms with Crippen molar-refractivity contribution in [2.75, 3.05) is 6.54 Å². The quantitative estimate of drug-likeness (QED) is 0.785. The van der Waals surface area contributed by atoms with Gasteiger partial charge < -0.3 is 5.32 Å². The molecule has 0 radical (unpaired) electrons. The van der Waals surface area contributed by atoms with Gasteiger partial charge in [0.05, 0.1) is 11.8 Å². The third-order valence-electron chi connectivity index (χ3n) is 6.23. The highest BCUT2D eigenvalue weighted by molar-refractivity contribution is 6.06. The topological polar surface area (TPSA) is 79.4 Å². The molecule has 2 saturated carbocycles. The van der Waals surface area contributed by atoms with Crippen LogP contribution in [0.2, 0.25) is 0 Å². The Balaban J connectivity index is 1.28. The second kappa shape index (κ2) is 6.82. The zero-order chi connectivity index (χ0) is 18.3. The first kappa shape index (κ1) is 17.2. The Morgan fingerprint density at radius 1 is 1.23 bits per heavy atom. The van der Waals surface area contributed by atoms with E-state index in [2.05, 4.69) is 10.3 Å². The molecule has 0 aromatic carbocycles. The molecule has 2 bridgehead atoms. The molecule has 5 atom stereocenters. The number of imide groups is 1. The van der Waals surface area contributed by atoms with Crippen LogP contribution in [0.3, 0.4) is 0 Å². The number of carbonyl (C=O) groups excluding carboxylic acids is 3. The van der Waals surface area contributed by atoms with Crippen LogP contribution in [0.1, 0.15) is 38.3 Å². The van der Waals surface area contributed by atoms with Crippen molar-refractivity contribution in [1.29, 1.82) is 0 Å². The van der Waals surface area contributed by atoms with E-state index in [1.165, 1.54) is 4.90 Å². The van der Waals surface area contributed by atoms with E-state index in [9.17, 15) is 14.4 Å². The number of pyridine rings is 1. The number of fused-ring (bicyclic) bond motifs is 5. The van der Waals surface area contributed by atoms with E-state index < -0.39 is 0 Å². The van der Waals surface area contributed by atoms with Crippen LogP contribution in [0.4, 0.5) is 0 Å². The molecule has 2 heterocycles. The Hall–Kier alpha value is -2.24. The van der Waals surface area contributed by atoms with Gasteiger partial charge in [-0.2, -0.15) is 0 Å². The highest BCUT2D eigenvalue weighted by Crippen LogP contribution is 2.56. The van der Waals surface area contributed by atoms with Crippen LogP contribution in [0, 0.1) is 23.7 Å². The second-order valence-electron chi connectivity index (χ2n) is 7.96. The van der Waals surface area contributed by atoms with Gasteiger partial charge in [-0.1, -0.05) is 6.07 Å². The van der Waals surface area contributed by atoms with Gasteiger partial charge in [-0.05, 0) is 50.2 Å². The van der Waals surface area contributed by atoms with Crippen molar-refractivity contribution in [1.82, 2.24) is 15.2 Å². The van der Waals surface area contributed by atoms with Crippen molar-refractivity contribution < 1.29 is 14.4 Å². The van der Waals surface area contributed by atoms with E-state index in [-0.39, 0.29) is 48.6 Å². The van der Waals surface area contributed by atoms with Crippen LogP contribution in [0.25, 0.3) is 0 Å². The molecule has 1 N–H and O–H groups in total. The van der Waals surface area contributed by atoms with Gasteiger partial charge in [0.2, 0.25) is 17.7 Å². The molecule has 138 valence electrons. The number of nitrogens with one attached hydrogen (secondary N) is 1. The van der Waals surface area contributed by atoms with Gasteiger partial charge in [0.15, 0.2) is 0 Å². The molecule has 3 amide bonds. The maximum absolute atomic E-state index is 12.6. The first-order chi connectivity index (χ1) is 12.5. The van der Waals surface area contributed by atoms with Crippen molar-refractivity contribution in [3.05, 3.63) is 30.1 Å². The van der Waals surface area contributed by atoms with Crippen LogP contribution in [-0.2, 0) is 20.8 Å². The molecule has 1 aromatic heterocycles. The van der Waals surface area contributed by atoms with Crippen molar-refractivity contribution in [3.8, 4) is 0 Å². The lowest BCUT2D eigenvalue weighted by molar-refractivity contribution is -0.141. The Kier molecular flexibility index (Phi) is 4.51. The van der Waals surface area contributed by atoms with Gasteiger partial charge in [0, 0.05) is 37.3 Å². The van der Waals surface area contributed by atoms with Crippen LogP contribution in [0.15, 0.2) is 24.4 Å². The number of amides is 3. The van der Waals surface area contributed by atoms with E-state index >= 15 is 0 Å². The van der Waals surface area contributed by atoms with Gasteiger partial charge in [-0.25, -0.2) is 0 Å². The number of carbonyl (C=O) groups is 3. The summed E-state index contributed by atoms with van der Waals surface area (Å²) in [6.07, 6.45) is 5.74. The maximum Gasteiger partial charge on any atom is 0.233 e. The Morgan fingerprint density at radius 3 is 2.54 bits per heavy atom. The maximum atomic E-state index is 12.6. The van der Waals surface area contributed by atoms with Gasteiger partial charge in [-0.15, -0.1) is 0 Å². The van der Waals surface area contributed by atoms with Crippen molar-refractivity contribution in [2.45, 2.75) is 45.1 Å². The molecular formula is C20H25N3O3. The lowest BCUT2D eigenvalue weighted by Gasteiger charge is -2.19. The fourth-order valence-corrected chi connectivity index (χ4v) is 5.13. The van der Waals surface area contributed by atoms with Crippen LogP contribution < -0.4 is 5.32 Å². The number of hydrogen-bond donors (Lipinski definition) is 1. The van der Waals surface area contributed by atoms with E-state index in [1.54, 1.807) is 6.20 Å². The van der Waals surface area contributed by atoms with E-state index in [4.69, 9.17) is 0 Å². The van der Waals surface area contributed by atoms with Crippen molar-refractivity contribution in [3.63, 3.8) is 0 Å². The average Bonchev–Trinajstić information content (AvgIpc) is 3.29. The van der Waals surface area contributed by atoms with Crippen LogP contribution >= 0.6 is 0 Å². The van der Waals surface area contributed by atoms with Crippen molar-refractivity contribution in [2.24, 2.45) is 23.7 Å². The lowest BCUT2D eigenvalue weighted by atomic mass is 9.81. The summed E-state index contributed by atoms with van der Waals surface area (Å²) < 4.78 is 0. The third-order valence-corrected chi connectivity index (χ3v) is 6.23. The number of rotatable bonds is 6. The molecule has 26 heavy (non-hydrogen) atoms. The third kappa shape index (κ3) is 3.02. The number of hydrogen-bond acceptors (Lipinski definition) is 4. The largest absolute Gasteiger partial charge is 0.353 e. The predicted octanol–water partition coefficient (Wildman–Crippen LogP) is 1.55. The molecule has 6 nitrogen and oxygen atoms in total. The van der Waals surface area contributed by atoms with E-state index in [1.807, 2.05) is 25.1 Å². The minimum atomic E-state index is -0.130. The fraction of sp³-hybridized carbons (Fsp3) is 0.600. The summed E-state index contributed by atoms with van der Waals surface area (Å²) in [5.74, 6) is 0.356. The molecule has 4 rings (SSSR count). The predicted molar refractivity (Wildman–Crippen MR) is 94.7 cm³/mol. The molecule has 1 aromatic rings. The highest BCUT2D eigenvalue weighted by atomic mass is 16.2. The van der Waals surface area contributed by atoms with Crippen LogP contribution in [0.5, 0.6) is 0 Å². The SMILES string of the molecule is C[C@H](Cc1ccccn1)NC(=O)CCN1C(=O)[C@@H]2[C@H]3CC[C@@H](C3)[C@H]2C1=O. The Labute approximate surface area is 153 Å². The zero-order valence-corrected chi connectivity index (χ0v) is 15.1. The average molecular weight is 355 g/mol. The monoisotopic (exact) mass is 355 g/mol. The highest BCUT2D eigenvalue weighted by Gasteiger charge is 2.60. The standard InChI is InChI=1S/C20H25N3O3/c1-12(10-15-4-2-3-8-21-15)22-16(24)7-9-23-19(25)17-13-5-6-14(11-13)18(17)20(23)26/h2-4,8,12-14,17-18H,5-7,9-11H2,1H3,(H,22,24)/t12-,13+,14+,17-,18-/m1/s1. The fourth-order valence-electron chi connectivity index (χ4n) is 5.13. The number of aromatic nitrogens is 1. The van der Waals surface area contributed by atoms with Gasteiger partial charge in [-0.3, -0.25) is 24.3 Å². The molecule has 3 aliphatic rings. The molecular weight excluding hydrogens is 330 g/mol. The molecule has 1 saturated heterocycles. The summed E-state index contributed by atoms with van der Waals surface area (Å²) in [6.45, 7) is 2.13. The first-order valence-corrected chi connectivity index (χ1v) is 9.59. The molecule has 6 heteroatoms. The summed E-state index contributed by atoms with van der Waals surface area (Å²) in [5, 5.41) is 2.93. The Bertz CT molecular complexity index is 692. The van der Waals surface area contributed by atoms with Crippen LogP contribution in [-0.4, -0.2) is 40.2 Å². The number of likely N-dealkylation sites (tertiary alicyclic amines) is 1. The summed E-state index contributed by atoms with van der Waals surface area (Å²) in [7, 11) is 0. The normalized spacial score (nSPS) is 30.6. The summed E-state index contributed by atoms with van der Waals surface area (Å²) in [6, 6.07) is 5.67. The molecule has 0 unspecified atom stereocenters. The molecule has 3 fully saturated rings. The Morgan fingerprint density at radius 2 is 1.92 bits per heavy atom. The van der Waals surface area contributed by atoms with E-state index in [0.29, 0.717) is 18.3 Å². The van der Waals surface area contributed by atoms with E-state index in [0.717, 1.165) is 25.0 Å². The smallest absolute Gasteiger partial charge is 0.233 e. The summed E-state index contributed by atoms with van der Waals surface area (Å²) >= 11 is 0. The molecule has 0 spiro atoms. The minimum absolute atomic E-state index is 0.0402. The zero-order valence-electron chi connectivity index (χ0n) is 15.1. The van der Waals surface area contributed by atoms with Gasteiger partial charge >= 0.3 is 0 Å². The molecule has 1 aliphatic heterocycles. The first-order valence-electron chi connectivity index (χ1n) is 9.59. The number of nitrogens with zero attached hydrogens (tertiary/aromatic N) is 2. The lowest BCUT2D eigenvalue weighted by Crippen LogP contribution is -2.39. The minimum Gasteiger partial charge on any atom is -0.353 e. The van der Waals surface area contributed by atoms with Crippen molar-refractivity contribution >= 4 is 17.7 Å². The van der Waals surface area contributed by atoms with Gasteiger partial charge in [0.1, 0.15) is 0 Å². The molecule has 2 aliphatic carbocycles. The summed E-state index contributed by atoms with van der Waals surface area (Å²) in [4.78, 5) is 43.1. The summed E-state index contributed by atoms with van der Waals surface area (Å²) in [5.41, 5.74) is 0.925. The second-order valence-corrected chi connectivity index (χ2v) is 7.96.